The van der Waals surface area contributed by atoms with Crippen LogP contribution in [0.1, 0.15) is 18.2 Å². The standard InChI is InChI=1S/C23H25FN4O4S/c1-2-32-20-6-4-3-5-19(20)27-22(31)15-33-23-26-12-18(14-29)28(23)13-21(30)25-11-16-7-9-17(24)10-8-16/h3-10,12,29H,2,11,13-15H2,1H3,(H,25,30)(H,27,31). The van der Waals surface area contributed by atoms with Crippen molar-refractivity contribution < 1.29 is 23.8 Å². The minimum Gasteiger partial charge on any atom is -0.492 e. The molecule has 3 aromatic rings. The van der Waals surface area contributed by atoms with Crippen molar-refractivity contribution in [2.75, 3.05) is 17.7 Å². The number of nitrogens with zero attached hydrogens (tertiary/aromatic N) is 2. The van der Waals surface area contributed by atoms with Gasteiger partial charge < -0.3 is 25.0 Å². The molecule has 0 fully saturated rings. The number of aliphatic hydroxyl groups excluding tert-OH is 1. The van der Waals surface area contributed by atoms with Crippen LogP contribution in [0.5, 0.6) is 5.75 Å². The summed E-state index contributed by atoms with van der Waals surface area (Å²) >= 11 is 1.15. The minimum absolute atomic E-state index is 0.0551. The second-order valence-electron chi connectivity index (χ2n) is 6.95. The molecule has 0 unspecified atom stereocenters. The summed E-state index contributed by atoms with van der Waals surface area (Å²) in [4.78, 5) is 29.1. The summed E-state index contributed by atoms with van der Waals surface area (Å²) in [6.45, 7) is 2.21. The van der Waals surface area contributed by atoms with Crippen LogP contribution in [-0.2, 0) is 29.3 Å². The van der Waals surface area contributed by atoms with E-state index >= 15 is 0 Å². The van der Waals surface area contributed by atoms with Crippen LogP contribution in [-0.4, -0.2) is 38.8 Å². The SMILES string of the molecule is CCOc1ccccc1NC(=O)CSc1ncc(CO)n1CC(=O)NCc1ccc(F)cc1. The lowest BCUT2D eigenvalue weighted by Gasteiger charge is -2.12. The summed E-state index contributed by atoms with van der Waals surface area (Å²) in [5, 5.41) is 15.6. The van der Waals surface area contributed by atoms with Crippen LogP contribution in [0.25, 0.3) is 0 Å². The molecule has 0 saturated carbocycles. The summed E-state index contributed by atoms with van der Waals surface area (Å²) < 4.78 is 20.1. The highest BCUT2D eigenvalue weighted by molar-refractivity contribution is 7.99. The highest BCUT2D eigenvalue weighted by Crippen LogP contribution is 2.25. The summed E-state index contributed by atoms with van der Waals surface area (Å²) in [5.41, 5.74) is 1.79. The van der Waals surface area contributed by atoms with E-state index in [1.54, 1.807) is 34.9 Å². The monoisotopic (exact) mass is 472 g/mol. The number of hydrogen-bond acceptors (Lipinski definition) is 6. The van der Waals surface area contributed by atoms with Crippen LogP contribution in [0, 0.1) is 5.82 Å². The first-order valence-corrected chi connectivity index (χ1v) is 11.3. The Hall–Kier alpha value is -3.37. The van der Waals surface area contributed by atoms with Gasteiger partial charge in [-0.3, -0.25) is 9.59 Å². The highest BCUT2D eigenvalue weighted by Gasteiger charge is 2.16. The van der Waals surface area contributed by atoms with Crippen molar-refractivity contribution in [2.45, 2.75) is 31.8 Å². The number of hydrogen-bond donors (Lipinski definition) is 3. The van der Waals surface area contributed by atoms with Gasteiger partial charge in [-0.25, -0.2) is 9.37 Å². The first-order chi connectivity index (χ1) is 16.0. The van der Waals surface area contributed by atoms with Gasteiger partial charge in [0.1, 0.15) is 18.1 Å². The zero-order valence-corrected chi connectivity index (χ0v) is 18.9. The molecule has 174 valence electrons. The number of thioether (sulfide) groups is 1. The van der Waals surface area contributed by atoms with Crippen LogP contribution in [0.4, 0.5) is 10.1 Å². The number of carbonyl (C=O) groups is 2. The predicted octanol–water partition coefficient (Wildman–Crippen LogP) is 2.96. The number of carbonyl (C=O) groups excluding carboxylic acids is 2. The zero-order valence-electron chi connectivity index (χ0n) is 18.1. The molecule has 2 aromatic carbocycles. The van der Waals surface area contributed by atoms with Crippen LogP contribution >= 0.6 is 11.8 Å². The topological polar surface area (TPSA) is 105 Å². The molecule has 3 N–H and O–H groups in total. The predicted molar refractivity (Wildman–Crippen MR) is 123 cm³/mol. The van der Waals surface area contributed by atoms with Gasteiger partial charge in [0.2, 0.25) is 11.8 Å². The molecule has 0 bridgehead atoms. The smallest absolute Gasteiger partial charge is 0.240 e. The Morgan fingerprint density at radius 2 is 1.91 bits per heavy atom. The van der Waals surface area contributed by atoms with E-state index < -0.39 is 0 Å². The van der Waals surface area contributed by atoms with E-state index in [0.717, 1.165) is 17.3 Å². The van der Waals surface area contributed by atoms with Gasteiger partial charge in [0, 0.05) is 6.54 Å². The lowest BCUT2D eigenvalue weighted by Crippen LogP contribution is -2.28. The zero-order chi connectivity index (χ0) is 23.6. The highest BCUT2D eigenvalue weighted by atomic mass is 32.2. The van der Waals surface area contributed by atoms with E-state index in [0.29, 0.717) is 28.9 Å². The number of aliphatic hydroxyl groups is 1. The quantitative estimate of drug-likeness (QED) is 0.371. The third-order valence-corrected chi connectivity index (χ3v) is 5.55. The Labute approximate surface area is 195 Å². The van der Waals surface area contributed by atoms with Crippen molar-refractivity contribution in [3.05, 3.63) is 71.8 Å². The van der Waals surface area contributed by atoms with Gasteiger partial charge in [-0.15, -0.1) is 0 Å². The molecule has 0 atom stereocenters. The van der Waals surface area contributed by atoms with E-state index in [4.69, 9.17) is 4.74 Å². The molecule has 0 saturated heterocycles. The second-order valence-corrected chi connectivity index (χ2v) is 7.89. The lowest BCUT2D eigenvalue weighted by molar-refractivity contribution is -0.122. The second kappa shape index (κ2) is 12.0. The molecule has 1 aromatic heterocycles. The maximum Gasteiger partial charge on any atom is 0.240 e. The number of amides is 2. The summed E-state index contributed by atoms with van der Waals surface area (Å²) in [7, 11) is 0. The molecule has 10 heteroatoms. The summed E-state index contributed by atoms with van der Waals surface area (Å²) in [5.74, 6) is -0.264. The Bertz CT molecular complexity index is 1090. The Kier molecular flexibility index (Phi) is 8.85. The molecule has 33 heavy (non-hydrogen) atoms. The van der Waals surface area contributed by atoms with Crippen molar-refractivity contribution >= 4 is 29.3 Å². The van der Waals surface area contributed by atoms with Gasteiger partial charge in [-0.1, -0.05) is 36.0 Å². The van der Waals surface area contributed by atoms with E-state index in [2.05, 4.69) is 15.6 Å². The van der Waals surface area contributed by atoms with Gasteiger partial charge >= 0.3 is 0 Å². The third-order valence-electron chi connectivity index (χ3n) is 4.56. The van der Waals surface area contributed by atoms with E-state index in [1.165, 1.54) is 18.3 Å². The normalized spacial score (nSPS) is 10.6. The fourth-order valence-electron chi connectivity index (χ4n) is 2.97. The Morgan fingerprint density at radius 3 is 2.64 bits per heavy atom. The van der Waals surface area contributed by atoms with Crippen molar-refractivity contribution in [1.29, 1.82) is 0 Å². The third kappa shape index (κ3) is 7.06. The summed E-state index contributed by atoms with van der Waals surface area (Å²) in [6.07, 6.45) is 1.47. The molecule has 0 spiro atoms. The number of aromatic nitrogens is 2. The van der Waals surface area contributed by atoms with Crippen LogP contribution < -0.4 is 15.4 Å². The van der Waals surface area contributed by atoms with Crippen LogP contribution in [0.2, 0.25) is 0 Å². The van der Waals surface area contributed by atoms with E-state index in [9.17, 15) is 19.1 Å². The van der Waals surface area contributed by atoms with Crippen molar-refractivity contribution in [3.8, 4) is 5.75 Å². The maximum atomic E-state index is 13.0. The van der Waals surface area contributed by atoms with Crippen molar-refractivity contribution in [1.82, 2.24) is 14.9 Å². The van der Waals surface area contributed by atoms with Gasteiger partial charge in [0.05, 0.1) is 36.5 Å². The number of nitrogens with one attached hydrogen (secondary N) is 2. The molecule has 8 nitrogen and oxygen atoms in total. The first-order valence-electron chi connectivity index (χ1n) is 10.3. The molecule has 0 aliphatic heterocycles. The number of halogens is 1. The van der Waals surface area contributed by atoms with Crippen LogP contribution in [0.3, 0.4) is 0 Å². The molecule has 0 radical (unpaired) electrons. The molecule has 3 rings (SSSR count). The molecule has 1 heterocycles. The van der Waals surface area contributed by atoms with Crippen molar-refractivity contribution in [3.63, 3.8) is 0 Å². The number of rotatable bonds is 11. The fraction of sp³-hybridized carbons (Fsp3) is 0.261. The number of para-hydroxylation sites is 2. The molecule has 2 amide bonds. The van der Waals surface area contributed by atoms with E-state index in [-0.39, 0.29) is 43.1 Å². The first kappa shape index (κ1) is 24.3. The lowest BCUT2D eigenvalue weighted by atomic mass is 10.2. The minimum atomic E-state index is -0.344. The average molecular weight is 473 g/mol. The van der Waals surface area contributed by atoms with Gasteiger partial charge in [0.15, 0.2) is 5.16 Å². The van der Waals surface area contributed by atoms with Gasteiger partial charge in [-0.05, 0) is 36.8 Å². The Balaban J connectivity index is 1.58. The average Bonchev–Trinajstić information content (AvgIpc) is 3.20. The molecular weight excluding hydrogens is 447 g/mol. The summed E-state index contributed by atoms with van der Waals surface area (Å²) in [6, 6.07) is 13.0. The van der Waals surface area contributed by atoms with Gasteiger partial charge in [0.25, 0.3) is 0 Å². The maximum absolute atomic E-state index is 13.0. The largest absolute Gasteiger partial charge is 0.492 e. The molecule has 0 aliphatic carbocycles. The van der Waals surface area contributed by atoms with Gasteiger partial charge in [-0.2, -0.15) is 0 Å². The molecule has 0 aliphatic rings. The Morgan fingerprint density at radius 1 is 1.15 bits per heavy atom. The number of ether oxygens (including phenoxy) is 1. The van der Waals surface area contributed by atoms with Crippen LogP contribution in [0.15, 0.2) is 59.9 Å². The van der Waals surface area contributed by atoms with Crippen molar-refractivity contribution in [2.24, 2.45) is 0 Å². The fourth-order valence-corrected chi connectivity index (χ4v) is 3.77. The molecular formula is C23H25FN4O4S. The number of anilines is 1. The number of imidazole rings is 1. The van der Waals surface area contributed by atoms with E-state index in [1.807, 2.05) is 13.0 Å². The number of benzene rings is 2.